The van der Waals surface area contributed by atoms with E-state index in [2.05, 4.69) is 6.92 Å². The number of unbranched alkanes of at least 4 members (excludes halogenated alkanes) is 1. The molecule has 3 amide bonds. The van der Waals surface area contributed by atoms with Gasteiger partial charge in [-0.1, -0.05) is 13.3 Å². The van der Waals surface area contributed by atoms with Gasteiger partial charge in [0.15, 0.2) is 0 Å². The molecule has 26 heavy (non-hydrogen) atoms. The summed E-state index contributed by atoms with van der Waals surface area (Å²) < 4.78 is 0. The SMILES string of the molecule is CCCCC(=O)N1CCN(C(=O)c2ccc3c(c2)CCC(=O)N3C)CC1. The van der Waals surface area contributed by atoms with Gasteiger partial charge >= 0.3 is 0 Å². The van der Waals surface area contributed by atoms with Crippen molar-refractivity contribution in [3.05, 3.63) is 29.3 Å². The number of benzene rings is 1. The van der Waals surface area contributed by atoms with Crippen LogP contribution in [0.5, 0.6) is 0 Å². The summed E-state index contributed by atoms with van der Waals surface area (Å²) in [7, 11) is 1.77. The van der Waals surface area contributed by atoms with Gasteiger partial charge < -0.3 is 14.7 Å². The first-order chi connectivity index (χ1) is 12.5. The Kier molecular flexibility index (Phi) is 5.59. The Morgan fingerprint density at radius 2 is 1.73 bits per heavy atom. The van der Waals surface area contributed by atoms with Crippen molar-refractivity contribution in [2.24, 2.45) is 0 Å². The molecular formula is C20H27N3O3. The molecule has 0 N–H and O–H groups in total. The molecule has 2 heterocycles. The van der Waals surface area contributed by atoms with Crippen LogP contribution in [0, 0.1) is 0 Å². The number of piperazine rings is 1. The van der Waals surface area contributed by atoms with Crippen molar-refractivity contribution in [2.45, 2.75) is 39.0 Å². The summed E-state index contributed by atoms with van der Waals surface area (Å²) >= 11 is 0. The Balaban J connectivity index is 1.62. The average molecular weight is 357 g/mol. The third-order valence-electron chi connectivity index (χ3n) is 5.33. The first-order valence-corrected chi connectivity index (χ1v) is 9.47. The Labute approximate surface area is 154 Å². The summed E-state index contributed by atoms with van der Waals surface area (Å²) in [4.78, 5) is 42.1. The highest BCUT2D eigenvalue weighted by Crippen LogP contribution is 2.28. The van der Waals surface area contributed by atoms with Crippen LogP contribution in [0.25, 0.3) is 0 Å². The van der Waals surface area contributed by atoms with Crippen LogP contribution >= 0.6 is 0 Å². The lowest BCUT2D eigenvalue weighted by Crippen LogP contribution is -2.50. The number of aryl methyl sites for hydroxylation is 1. The summed E-state index contributed by atoms with van der Waals surface area (Å²) in [6.45, 7) is 4.45. The minimum atomic E-state index is 0.00742. The predicted molar refractivity (Wildman–Crippen MR) is 100 cm³/mol. The Bertz CT molecular complexity index is 708. The maximum Gasteiger partial charge on any atom is 0.253 e. The highest BCUT2D eigenvalue weighted by atomic mass is 16.2. The maximum absolute atomic E-state index is 12.8. The minimum Gasteiger partial charge on any atom is -0.339 e. The molecule has 2 aliphatic rings. The van der Waals surface area contributed by atoms with Crippen molar-refractivity contribution in [1.82, 2.24) is 9.80 Å². The van der Waals surface area contributed by atoms with Crippen LogP contribution in [-0.4, -0.2) is 60.7 Å². The molecule has 0 aliphatic carbocycles. The zero-order chi connectivity index (χ0) is 18.7. The number of amides is 3. The lowest BCUT2D eigenvalue weighted by atomic mass is 9.98. The lowest BCUT2D eigenvalue weighted by Gasteiger charge is -2.35. The van der Waals surface area contributed by atoms with Crippen LogP contribution in [-0.2, 0) is 16.0 Å². The smallest absolute Gasteiger partial charge is 0.253 e. The molecule has 1 fully saturated rings. The highest BCUT2D eigenvalue weighted by Gasteiger charge is 2.26. The fourth-order valence-electron chi connectivity index (χ4n) is 3.62. The normalized spacial score (nSPS) is 17.3. The van der Waals surface area contributed by atoms with Gasteiger partial charge in [0.2, 0.25) is 11.8 Å². The average Bonchev–Trinajstić information content (AvgIpc) is 2.68. The first kappa shape index (κ1) is 18.4. The van der Waals surface area contributed by atoms with Crippen LogP contribution in [0.4, 0.5) is 5.69 Å². The molecule has 0 radical (unpaired) electrons. The van der Waals surface area contributed by atoms with Crippen LogP contribution < -0.4 is 4.90 Å². The van der Waals surface area contributed by atoms with E-state index >= 15 is 0 Å². The molecule has 3 rings (SSSR count). The van der Waals surface area contributed by atoms with E-state index in [4.69, 9.17) is 0 Å². The van der Waals surface area contributed by atoms with Crippen molar-refractivity contribution < 1.29 is 14.4 Å². The second-order valence-corrected chi connectivity index (χ2v) is 7.07. The third kappa shape index (κ3) is 3.74. The van der Waals surface area contributed by atoms with E-state index in [-0.39, 0.29) is 17.7 Å². The van der Waals surface area contributed by atoms with Crippen molar-refractivity contribution >= 4 is 23.4 Å². The molecule has 6 heteroatoms. The topological polar surface area (TPSA) is 60.9 Å². The number of rotatable bonds is 4. The van der Waals surface area contributed by atoms with Crippen LogP contribution in [0.2, 0.25) is 0 Å². The van der Waals surface area contributed by atoms with Gasteiger partial charge in [0.05, 0.1) is 0 Å². The zero-order valence-electron chi connectivity index (χ0n) is 15.7. The maximum atomic E-state index is 12.8. The standard InChI is InChI=1S/C20H27N3O3/c1-3-4-5-19(25)22-10-12-23(13-11-22)20(26)16-6-8-17-15(14-16)7-9-18(24)21(17)2/h6,8,14H,3-5,7,9-13H2,1-2H3. The second kappa shape index (κ2) is 7.89. The second-order valence-electron chi connectivity index (χ2n) is 7.07. The minimum absolute atomic E-state index is 0.00742. The number of anilines is 1. The number of carbonyl (C=O) groups excluding carboxylic acids is 3. The summed E-state index contributed by atoms with van der Waals surface area (Å²) in [5.74, 6) is 0.314. The van der Waals surface area contributed by atoms with Gasteiger partial charge in [-0.15, -0.1) is 0 Å². The number of hydrogen-bond donors (Lipinski definition) is 0. The van der Waals surface area contributed by atoms with Gasteiger partial charge in [-0.25, -0.2) is 0 Å². The molecule has 1 aromatic carbocycles. The summed E-state index contributed by atoms with van der Waals surface area (Å²) in [6, 6.07) is 5.58. The first-order valence-electron chi connectivity index (χ1n) is 9.47. The molecule has 1 saturated heterocycles. The van der Waals surface area contributed by atoms with E-state index in [0.717, 1.165) is 24.1 Å². The van der Waals surface area contributed by atoms with E-state index in [1.54, 1.807) is 18.0 Å². The van der Waals surface area contributed by atoms with Crippen LogP contribution in [0.1, 0.15) is 48.5 Å². The summed E-state index contributed by atoms with van der Waals surface area (Å²) in [5, 5.41) is 0. The van der Waals surface area contributed by atoms with Crippen molar-refractivity contribution in [2.75, 3.05) is 38.1 Å². The van der Waals surface area contributed by atoms with E-state index in [9.17, 15) is 14.4 Å². The van der Waals surface area contributed by atoms with Gasteiger partial charge in [0.1, 0.15) is 0 Å². The van der Waals surface area contributed by atoms with Gasteiger partial charge in [0.25, 0.3) is 5.91 Å². The quantitative estimate of drug-likeness (QED) is 0.829. The molecule has 0 spiro atoms. The monoisotopic (exact) mass is 357 g/mol. The summed E-state index contributed by atoms with van der Waals surface area (Å²) in [5.41, 5.74) is 2.60. The van der Waals surface area contributed by atoms with Crippen LogP contribution in [0.3, 0.4) is 0 Å². The predicted octanol–water partition coefficient (Wildman–Crippen LogP) is 2.07. The number of fused-ring (bicyclic) bond motifs is 1. The van der Waals surface area contributed by atoms with E-state index in [1.165, 1.54) is 0 Å². The molecule has 0 bridgehead atoms. The van der Waals surface area contributed by atoms with Crippen LogP contribution in [0.15, 0.2) is 18.2 Å². The number of carbonyl (C=O) groups is 3. The van der Waals surface area contributed by atoms with Gasteiger partial charge in [0, 0.05) is 57.3 Å². The lowest BCUT2D eigenvalue weighted by molar-refractivity contribution is -0.132. The number of hydrogen-bond acceptors (Lipinski definition) is 3. The van der Waals surface area contributed by atoms with Crippen molar-refractivity contribution in [1.29, 1.82) is 0 Å². The molecule has 1 aromatic rings. The van der Waals surface area contributed by atoms with E-state index in [0.29, 0.717) is 51.0 Å². The Morgan fingerprint density at radius 3 is 2.42 bits per heavy atom. The van der Waals surface area contributed by atoms with Crippen molar-refractivity contribution in [3.63, 3.8) is 0 Å². The van der Waals surface area contributed by atoms with E-state index in [1.807, 2.05) is 21.9 Å². The van der Waals surface area contributed by atoms with Gasteiger partial charge in [-0.05, 0) is 36.6 Å². The Hall–Kier alpha value is -2.37. The molecule has 2 aliphatic heterocycles. The fraction of sp³-hybridized carbons (Fsp3) is 0.550. The largest absolute Gasteiger partial charge is 0.339 e. The third-order valence-corrected chi connectivity index (χ3v) is 5.33. The summed E-state index contributed by atoms with van der Waals surface area (Å²) in [6.07, 6.45) is 3.70. The molecule has 0 atom stereocenters. The molecular weight excluding hydrogens is 330 g/mol. The van der Waals surface area contributed by atoms with Crippen molar-refractivity contribution in [3.8, 4) is 0 Å². The number of nitrogens with zero attached hydrogens (tertiary/aromatic N) is 3. The van der Waals surface area contributed by atoms with Gasteiger partial charge in [-0.2, -0.15) is 0 Å². The molecule has 140 valence electrons. The van der Waals surface area contributed by atoms with Gasteiger partial charge in [-0.3, -0.25) is 14.4 Å². The molecule has 6 nitrogen and oxygen atoms in total. The molecule has 0 saturated carbocycles. The van der Waals surface area contributed by atoms with E-state index < -0.39 is 0 Å². The Morgan fingerprint density at radius 1 is 1.04 bits per heavy atom. The molecule has 0 unspecified atom stereocenters. The fourth-order valence-corrected chi connectivity index (χ4v) is 3.62. The molecule has 0 aromatic heterocycles. The zero-order valence-corrected chi connectivity index (χ0v) is 15.7. The highest BCUT2D eigenvalue weighted by molar-refractivity contribution is 5.99.